The van der Waals surface area contributed by atoms with E-state index in [0.29, 0.717) is 11.8 Å². The van der Waals surface area contributed by atoms with Crippen molar-refractivity contribution in [1.82, 2.24) is 0 Å². The topological polar surface area (TPSA) is 17.1 Å². The van der Waals surface area contributed by atoms with Crippen LogP contribution in [0.25, 0.3) is 0 Å². The molecule has 0 N–H and O–H groups in total. The summed E-state index contributed by atoms with van der Waals surface area (Å²) in [5, 5.41) is 0. The summed E-state index contributed by atoms with van der Waals surface area (Å²) >= 11 is 0. The van der Waals surface area contributed by atoms with Crippen LogP contribution in [0.4, 0.5) is 0 Å². The summed E-state index contributed by atoms with van der Waals surface area (Å²) in [6.45, 7) is 3.55. The van der Waals surface area contributed by atoms with Crippen molar-refractivity contribution in [2.24, 2.45) is 17.8 Å². The first-order valence-electron chi connectivity index (χ1n) is 4.66. The number of allylic oxidation sites excluding steroid dienone is 3. The van der Waals surface area contributed by atoms with Gasteiger partial charge in [0.15, 0.2) is 5.78 Å². The summed E-state index contributed by atoms with van der Waals surface area (Å²) in [6, 6.07) is 0. The zero-order chi connectivity index (χ0) is 8.55. The Morgan fingerprint density at radius 3 is 2.67 bits per heavy atom. The molecule has 0 aromatic carbocycles. The third-order valence-corrected chi connectivity index (χ3v) is 3.14. The van der Waals surface area contributed by atoms with Gasteiger partial charge in [-0.05, 0) is 37.2 Å². The number of hydrogen-bond acceptors (Lipinski definition) is 1. The number of carbonyl (C=O) groups is 1. The van der Waals surface area contributed by atoms with E-state index in [0.717, 1.165) is 6.42 Å². The normalized spacial score (nSPS) is 38.2. The standard InChI is InChI=1S/C11H14O/c1-2-11(12)10-7-8-3-5-9(10)6-4-8/h2-3,5,8-10H,1,4,6-7H2/t8-,9+,10-/m1/s1. The third kappa shape index (κ3) is 1.13. The Labute approximate surface area is 73.2 Å². The van der Waals surface area contributed by atoms with Crippen molar-refractivity contribution >= 4 is 5.78 Å². The van der Waals surface area contributed by atoms with Crippen molar-refractivity contribution in [3.05, 3.63) is 24.8 Å². The number of ketones is 1. The molecule has 12 heavy (non-hydrogen) atoms. The molecule has 1 heteroatoms. The van der Waals surface area contributed by atoms with Crippen molar-refractivity contribution in [1.29, 1.82) is 0 Å². The van der Waals surface area contributed by atoms with E-state index in [9.17, 15) is 4.79 Å². The van der Waals surface area contributed by atoms with Gasteiger partial charge in [0.05, 0.1) is 0 Å². The minimum absolute atomic E-state index is 0.244. The van der Waals surface area contributed by atoms with Gasteiger partial charge in [-0.2, -0.15) is 0 Å². The minimum atomic E-state index is 0.244. The number of carbonyl (C=O) groups excluding carboxylic acids is 1. The molecule has 0 heterocycles. The van der Waals surface area contributed by atoms with Crippen LogP contribution < -0.4 is 0 Å². The van der Waals surface area contributed by atoms with Crippen LogP contribution in [0.3, 0.4) is 0 Å². The molecule has 1 saturated carbocycles. The molecule has 0 aliphatic heterocycles. The number of rotatable bonds is 2. The molecule has 3 aliphatic rings. The highest BCUT2D eigenvalue weighted by molar-refractivity contribution is 5.91. The second-order valence-electron chi connectivity index (χ2n) is 3.83. The van der Waals surface area contributed by atoms with Crippen LogP contribution >= 0.6 is 0 Å². The Kier molecular flexibility index (Phi) is 1.87. The fraction of sp³-hybridized carbons (Fsp3) is 0.545. The first-order valence-corrected chi connectivity index (χ1v) is 4.66. The number of fused-ring (bicyclic) bond motifs is 2. The number of hydrogen-bond donors (Lipinski definition) is 0. The summed E-state index contributed by atoms with van der Waals surface area (Å²) in [5.74, 6) is 1.68. The van der Waals surface area contributed by atoms with E-state index in [1.165, 1.54) is 18.9 Å². The second kappa shape index (κ2) is 2.89. The second-order valence-corrected chi connectivity index (χ2v) is 3.83. The molecule has 0 aromatic rings. The lowest BCUT2D eigenvalue weighted by molar-refractivity contribution is -0.120. The van der Waals surface area contributed by atoms with Crippen molar-refractivity contribution in [2.45, 2.75) is 19.3 Å². The van der Waals surface area contributed by atoms with Crippen LogP contribution in [-0.4, -0.2) is 5.78 Å². The molecule has 0 radical (unpaired) electrons. The van der Waals surface area contributed by atoms with Crippen molar-refractivity contribution in [2.75, 3.05) is 0 Å². The molecule has 2 bridgehead atoms. The maximum Gasteiger partial charge on any atom is 0.158 e. The third-order valence-electron chi connectivity index (χ3n) is 3.14. The van der Waals surface area contributed by atoms with Crippen LogP contribution in [0, 0.1) is 17.8 Å². The summed E-state index contributed by atoms with van der Waals surface area (Å²) in [5.41, 5.74) is 0. The van der Waals surface area contributed by atoms with E-state index in [-0.39, 0.29) is 11.7 Å². The summed E-state index contributed by atoms with van der Waals surface area (Å²) < 4.78 is 0. The van der Waals surface area contributed by atoms with Gasteiger partial charge in [0.2, 0.25) is 0 Å². The smallest absolute Gasteiger partial charge is 0.158 e. The highest BCUT2D eigenvalue weighted by atomic mass is 16.1. The Morgan fingerprint density at radius 1 is 1.42 bits per heavy atom. The molecule has 0 unspecified atom stereocenters. The highest BCUT2D eigenvalue weighted by Crippen LogP contribution is 2.40. The lowest BCUT2D eigenvalue weighted by Gasteiger charge is -2.36. The van der Waals surface area contributed by atoms with Gasteiger partial charge in [-0.1, -0.05) is 18.7 Å². The van der Waals surface area contributed by atoms with E-state index in [1.54, 1.807) is 0 Å². The van der Waals surface area contributed by atoms with Crippen molar-refractivity contribution < 1.29 is 4.79 Å². The van der Waals surface area contributed by atoms with Crippen molar-refractivity contribution in [3.8, 4) is 0 Å². The molecule has 0 amide bonds. The molecule has 0 aromatic heterocycles. The van der Waals surface area contributed by atoms with E-state index in [2.05, 4.69) is 18.7 Å². The van der Waals surface area contributed by atoms with Gasteiger partial charge in [0, 0.05) is 5.92 Å². The van der Waals surface area contributed by atoms with E-state index < -0.39 is 0 Å². The highest BCUT2D eigenvalue weighted by Gasteiger charge is 2.34. The van der Waals surface area contributed by atoms with Crippen LogP contribution in [0.15, 0.2) is 24.8 Å². The lowest BCUT2D eigenvalue weighted by Crippen LogP contribution is -2.31. The summed E-state index contributed by atoms with van der Waals surface area (Å²) in [4.78, 5) is 11.4. The van der Waals surface area contributed by atoms with E-state index >= 15 is 0 Å². The molecular formula is C11H14O. The summed E-state index contributed by atoms with van der Waals surface area (Å²) in [7, 11) is 0. The molecule has 3 atom stereocenters. The quantitative estimate of drug-likeness (QED) is 0.450. The minimum Gasteiger partial charge on any atom is -0.295 e. The SMILES string of the molecule is C=CC(=O)[C@@H]1C[C@@H]2C=C[C@H]1CC2. The summed E-state index contributed by atoms with van der Waals surface area (Å²) in [6.07, 6.45) is 9.53. The first-order chi connectivity index (χ1) is 5.81. The molecule has 1 fully saturated rings. The Bertz CT molecular complexity index is 239. The molecule has 3 rings (SSSR count). The van der Waals surface area contributed by atoms with Gasteiger partial charge in [0.1, 0.15) is 0 Å². The fourth-order valence-corrected chi connectivity index (χ4v) is 2.41. The van der Waals surface area contributed by atoms with Crippen LogP contribution in [-0.2, 0) is 4.79 Å². The predicted octanol–water partition coefficient (Wildman–Crippen LogP) is 2.34. The first kappa shape index (κ1) is 7.78. The fourth-order valence-electron chi connectivity index (χ4n) is 2.41. The van der Waals surface area contributed by atoms with Gasteiger partial charge in [-0.25, -0.2) is 0 Å². The maximum atomic E-state index is 11.4. The average Bonchev–Trinajstić information content (AvgIpc) is 2.18. The molecule has 64 valence electrons. The molecular weight excluding hydrogens is 148 g/mol. The average molecular weight is 162 g/mol. The van der Waals surface area contributed by atoms with Crippen LogP contribution in [0.1, 0.15) is 19.3 Å². The zero-order valence-corrected chi connectivity index (χ0v) is 7.20. The van der Waals surface area contributed by atoms with Gasteiger partial charge in [-0.15, -0.1) is 0 Å². The van der Waals surface area contributed by atoms with E-state index in [1.807, 2.05) is 0 Å². The predicted molar refractivity (Wildman–Crippen MR) is 48.7 cm³/mol. The lowest BCUT2D eigenvalue weighted by atomic mass is 9.68. The van der Waals surface area contributed by atoms with Gasteiger partial charge in [-0.3, -0.25) is 4.79 Å². The van der Waals surface area contributed by atoms with Crippen molar-refractivity contribution in [3.63, 3.8) is 0 Å². The largest absolute Gasteiger partial charge is 0.295 e. The van der Waals surface area contributed by atoms with E-state index in [4.69, 9.17) is 0 Å². The Morgan fingerprint density at radius 2 is 2.25 bits per heavy atom. The molecule has 0 spiro atoms. The monoisotopic (exact) mass is 162 g/mol. The molecule has 0 saturated heterocycles. The van der Waals surface area contributed by atoms with Crippen LogP contribution in [0.5, 0.6) is 0 Å². The van der Waals surface area contributed by atoms with Gasteiger partial charge in [0.25, 0.3) is 0 Å². The maximum absolute atomic E-state index is 11.4. The van der Waals surface area contributed by atoms with Gasteiger partial charge >= 0.3 is 0 Å². The Balaban J connectivity index is 2.16. The van der Waals surface area contributed by atoms with Gasteiger partial charge < -0.3 is 0 Å². The Hall–Kier alpha value is -0.850. The zero-order valence-electron chi connectivity index (χ0n) is 7.20. The molecule has 3 aliphatic carbocycles. The van der Waals surface area contributed by atoms with Crippen LogP contribution in [0.2, 0.25) is 0 Å². The molecule has 1 nitrogen and oxygen atoms in total.